The summed E-state index contributed by atoms with van der Waals surface area (Å²) in [4.78, 5) is 69.9. The van der Waals surface area contributed by atoms with Crippen molar-refractivity contribution < 1.29 is 34.2 Å². The second-order valence-electron chi connectivity index (χ2n) is 11.1. The number of anilines is 1. The Balaban J connectivity index is 2.13. The van der Waals surface area contributed by atoms with Crippen molar-refractivity contribution in [1.29, 1.82) is 0 Å². The van der Waals surface area contributed by atoms with Crippen molar-refractivity contribution in [3.05, 3.63) is 29.8 Å². The van der Waals surface area contributed by atoms with Crippen molar-refractivity contribution in [2.45, 2.75) is 88.6 Å². The Morgan fingerprint density at radius 3 is 2.27 bits per heavy atom. The highest BCUT2D eigenvalue weighted by Crippen LogP contribution is 2.21. The first-order valence-electron chi connectivity index (χ1n) is 15.0. The second kappa shape index (κ2) is 18.4. The number of likely N-dealkylation sites (tertiary alicyclic amines) is 1. The van der Waals surface area contributed by atoms with Gasteiger partial charge < -0.3 is 54.0 Å². The summed E-state index contributed by atoms with van der Waals surface area (Å²) in [5, 5.41) is 27.6. The topological polar surface area (TPSA) is 282 Å². The monoisotopic (exact) mass is 633 g/mol. The van der Waals surface area contributed by atoms with E-state index in [1.165, 1.54) is 11.8 Å². The van der Waals surface area contributed by atoms with Gasteiger partial charge in [0.2, 0.25) is 23.6 Å². The number of nitrogens with two attached hydrogens (primary N) is 4. The summed E-state index contributed by atoms with van der Waals surface area (Å²) in [7, 11) is 0. The number of nitrogens with zero attached hydrogens (tertiary/aromatic N) is 2. The molecule has 0 aliphatic carbocycles. The SMILES string of the molecule is C[C@H](O)[C@H](NC(=O)Cc1ccc(N)cc1)C(=O)N[C@H](CCCCN)C(=O)N1CCC[C@H]1C(=O)N[C@@H](CCCN=C(N)N)C(=O)O. The third kappa shape index (κ3) is 12.2. The highest BCUT2D eigenvalue weighted by molar-refractivity contribution is 5.95. The molecule has 0 bridgehead atoms. The largest absolute Gasteiger partial charge is 0.480 e. The van der Waals surface area contributed by atoms with E-state index in [0.717, 1.165) is 0 Å². The minimum Gasteiger partial charge on any atom is -0.480 e. The highest BCUT2D eigenvalue weighted by Gasteiger charge is 2.39. The van der Waals surface area contributed by atoms with E-state index >= 15 is 0 Å². The number of nitrogens with one attached hydrogen (secondary N) is 3. The summed E-state index contributed by atoms with van der Waals surface area (Å²) in [6.07, 6.45) is 1.07. The van der Waals surface area contributed by atoms with Crippen molar-refractivity contribution in [3.63, 3.8) is 0 Å². The molecule has 45 heavy (non-hydrogen) atoms. The zero-order valence-corrected chi connectivity index (χ0v) is 25.6. The van der Waals surface area contributed by atoms with Gasteiger partial charge in [-0.2, -0.15) is 0 Å². The molecule has 0 unspecified atom stereocenters. The van der Waals surface area contributed by atoms with Crippen LogP contribution in [0.25, 0.3) is 0 Å². The van der Waals surface area contributed by atoms with Crippen LogP contribution >= 0.6 is 0 Å². The summed E-state index contributed by atoms with van der Waals surface area (Å²) < 4.78 is 0. The maximum absolute atomic E-state index is 13.8. The number of hydrogen-bond donors (Lipinski definition) is 9. The molecule has 0 saturated carbocycles. The number of aliphatic carboxylic acids is 1. The van der Waals surface area contributed by atoms with Crippen LogP contribution in [0.15, 0.2) is 29.3 Å². The molecule has 1 aromatic rings. The lowest BCUT2D eigenvalue weighted by atomic mass is 10.0. The lowest BCUT2D eigenvalue weighted by molar-refractivity contribution is -0.145. The van der Waals surface area contributed by atoms with E-state index in [-0.39, 0.29) is 38.3 Å². The van der Waals surface area contributed by atoms with Crippen LogP contribution < -0.4 is 38.9 Å². The molecule has 4 amide bonds. The van der Waals surface area contributed by atoms with Gasteiger partial charge in [-0.3, -0.25) is 24.2 Å². The lowest BCUT2D eigenvalue weighted by Gasteiger charge is -2.31. The van der Waals surface area contributed by atoms with Crippen LogP contribution in [0.2, 0.25) is 0 Å². The first-order valence-corrected chi connectivity index (χ1v) is 15.0. The smallest absolute Gasteiger partial charge is 0.326 e. The van der Waals surface area contributed by atoms with Crippen LogP contribution in [0, 0.1) is 0 Å². The number of carboxylic acid groups (broad SMARTS) is 1. The number of carbonyl (C=O) groups is 5. The van der Waals surface area contributed by atoms with Gasteiger partial charge in [0.25, 0.3) is 0 Å². The van der Waals surface area contributed by atoms with E-state index in [4.69, 9.17) is 22.9 Å². The van der Waals surface area contributed by atoms with Crippen molar-refractivity contribution in [1.82, 2.24) is 20.9 Å². The van der Waals surface area contributed by atoms with Gasteiger partial charge in [0, 0.05) is 18.8 Å². The number of nitrogen functional groups attached to an aromatic ring is 1. The van der Waals surface area contributed by atoms with E-state index in [2.05, 4.69) is 20.9 Å². The molecule has 0 spiro atoms. The molecule has 1 aliphatic heterocycles. The van der Waals surface area contributed by atoms with Crippen molar-refractivity contribution >= 4 is 41.2 Å². The fraction of sp³-hybridized carbons (Fsp3) is 0.586. The van der Waals surface area contributed by atoms with Crippen molar-refractivity contribution in [2.24, 2.45) is 22.2 Å². The van der Waals surface area contributed by atoms with Crippen LogP contribution in [0.3, 0.4) is 0 Å². The molecule has 2 rings (SSSR count). The molecule has 13 N–H and O–H groups in total. The fourth-order valence-corrected chi connectivity index (χ4v) is 4.99. The van der Waals surface area contributed by atoms with Gasteiger partial charge in [0.15, 0.2) is 5.96 Å². The molecule has 1 aromatic carbocycles. The average molecular weight is 634 g/mol. The number of aliphatic imine (C=N–C) groups is 1. The normalized spacial score (nSPS) is 17.0. The van der Waals surface area contributed by atoms with Crippen LogP contribution in [0.4, 0.5) is 5.69 Å². The van der Waals surface area contributed by atoms with Gasteiger partial charge in [0.1, 0.15) is 24.2 Å². The first kappa shape index (κ1) is 36.8. The summed E-state index contributed by atoms with van der Waals surface area (Å²) >= 11 is 0. The Morgan fingerprint density at radius 2 is 1.67 bits per heavy atom. The van der Waals surface area contributed by atoms with E-state index in [0.29, 0.717) is 49.9 Å². The number of unbranched alkanes of at least 4 members (excludes halogenated alkanes) is 1. The number of carbonyl (C=O) groups excluding carboxylic acids is 4. The number of aliphatic hydroxyl groups is 1. The Labute approximate surface area is 262 Å². The number of carboxylic acids is 1. The number of hydrogen-bond acceptors (Lipinski definition) is 9. The molecule has 16 nitrogen and oxygen atoms in total. The lowest BCUT2D eigenvalue weighted by Crippen LogP contribution is -2.59. The molecule has 0 radical (unpaired) electrons. The first-order chi connectivity index (χ1) is 21.3. The quantitative estimate of drug-likeness (QED) is 0.0365. The number of amides is 4. The van der Waals surface area contributed by atoms with Crippen molar-refractivity contribution in [3.8, 4) is 0 Å². The number of guanidine groups is 1. The molecule has 250 valence electrons. The van der Waals surface area contributed by atoms with E-state index in [1.807, 2.05) is 0 Å². The molecule has 1 saturated heterocycles. The van der Waals surface area contributed by atoms with Crippen LogP contribution in [-0.4, -0.2) is 101 Å². The van der Waals surface area contributed by atoms with E-state index in [9.17, 15) is 34.2 Å². The van der Waals surface area contributed by atoms with Gasteiger partial charge in [-0.05, 0) is 76.1 Å². The maximum atomic E-state index is 13.8. The molecule has 16 heteroatoms. The predicted octanol–water partition coefficient (Wildman–Crippen LogP) is -2.10. The zero-order chi connectivity index (χ0) is 33.5. The minimum atomic E-state index is -1.36. The Morgan fingerprint density at radius 1 is 1.00 bits per heavy atom. The Kier molecular flexibility index (Phi) is 15.0. The average Bonchev–Trinajstić information content (AvgIpc) is 3.47. The molecule has 1 aliphatic rings. The standard InChI is InChI=1S/C29H47N9O7/c1-17(39)24(37-23(40)16-18-9-11-19(31)12-10-18)26(42)35-20(6-2-3-13-30)27(43)38-15-5-8-22(38)25(41)36-21(28(44)45)7-4-14-34-29(32)33/h9-12,17,20-22,24,39H,2-8,13-16,30-31H2,1H3,(H,35,42)(H,36,41)(H,37,40)(H,44,45)(H4,32,33,34)/t17-,20+,21-,22-,24-/m0/s1. The van der Waals surface area contributed by atoms with Gasteiger partial charge in [0.05, 0.1) is 12.5 Å². The predicted molar refractivity (Wildman–Crippen MR) is 167 cm³/mol. The Hall–Kier alpha value is -4.44. The van der Waals surface area contributed by atoms with Gasteiger partial charge >= 0.3 is 5.97 Å². The van der Waals surface area contributed by atoms with Crippen LogP contribution in [0.5, 0.6) is 0 Å². The molecular formula is C29H47N9O7. The fourth-order valence-electron chi connectivity index (χ4n) is 4.99. The number of aliphatic hydroxyl groups excluding tert-OH is 1. The third-order valence-electron chi connectivity index (χ3n) is 7.39. The van der Waals surface area contributed by atoms with Gasteiger partial charge in [-0.15, -0.1) is 0 Å². The number of rotatable bonds is 18. The third-order valence-corrected chi connectivity index (χ3v) is 7.39. The van der Waals surface area contributed by atoms with Gasteiger partial charge in [-0.1, -0.05) is 12.1 Å². The molecule has 5 atom stereocenters. The minimum absolute atomic E-state index is 0.0637. The highest BCUT2D eigenvalue weighted by atomic mass is 16.4. The van der Waals surface area contributed by atoms with E-state index < -0.39 is 59.9 Å². The maximum Gasteiger partial charge on any atom is 0.326 e. The summed E-state index contributed by atoms with van der Waals surface area (Å²) in [6.45, 7) is 2.12. The van der Waals surface area contributed by atoms with Crippen molar-refractivity contribution in [2.75, 3.05) is 25.4 Å². The second-order valence-corrected chi connectivity index (χ2v) is 11.1. The summed E-state index contributed by atoms with van der Waals surface area (Å²) in [6, 6.07) is 2.03. The van der Waals surface area contributed by atoms with Gasteiger partial charge in [-0.25, -0.2) is 4.79 Å². The van der Waals surface area contributed by atoms with Crippen LogP contribution in [-0.2, 0) is 30.4 Å². The molecular weight excluding hydrogens is 586 g/mol. The zero-order valence-electron chi connectivity index (χ0n) is 25.6. The Bertz CT molecular complexity index is 1190. The summed E-state index contributed by atoms with van der Waals surface area (Å²) in [5.74, 6) is -3.81. The summed E-state index contributed by atoms with van der Waals surface area (Å²) in [5.41, 5.74) is 23.1. The van der Waals surface area contributed by atoms with E-state index in [1.54, 1.807) is 24.3 Å². The number of benzene rings is 1. The molecule has 1 fully saturated rings. The van der Waals surface area contributed by atoms with Crippen LogP contribution in [0.1, 0.15) is 57.4 Å². The molecule has 1 heterocycles. The molecule has 0 aromatic heterocycles.